The zero-order chi connectivity index (χ0) is 14.0. The predicted molar refractivity (Wildman–Crippen MR) is 78.7 cm³/mol. The van der Waals surface area contributed by atoms with Crippen molar-refractivity contribution in [3.05, 3.63) is 52.8 Å². The Labute approximate surface area is 123 Å². The summed E-state index contributed by atoms with van der Waals surface area (Å²) in [7, 11) is 0. The lowest BCUT2D eigenvalue weighted by atomic mass is 9.80. The minimum atomic E-state index is -0.547. The lowest BCUT2D eigenvalue weighted by Crippen LogP contribution is -2.47. The highest BCUT2D eigenvalue weighted by atomic mass is 35.5. The number of hydrogen-bond donors (Lipinski definition) is 3. The number of aromatic nitrogens is 2. The third-order valence-corrected chi connectivity index (χ3v) is 4.23. The van der Waals surface area contributed by atoms with Gasteiger partial charge in [-0.25, -0.2) is 0 Å². The van der Waals surface area contributed by atoms with Crippen molar-refractivity contribution in [1.82, 2.24) is 15.5 Å². The minimum Gasteiger partial charge on any atom is -0.389 e. The van der Waals surface area contributed by atoms with Crippen LogP contribution >= 0.6 is 11.6 Å². The van der Waals surface area contributed by atoms with E-state index in [9.17, 15) is 5.11 Å². The Hall–Kier alpha value is -1.36. The molecule has 1 fully saturated rings. The Bertz CT molecular complexity index is 549. The van der Waals surface area contributed by atoms with E-state index in [1.54, 1.807) is 6.20 Å². The summed E-state index contributed by atoms with van der Waals surface area (Å²) in [5, 5.41) is 21.3. The molecule has 1 saturated carbocycles. The van der Waals surface area contributed by atoms with Gasteiger partial charge in [0, 0.05) is 23.3 Å². The Balaban J connectivity index is 1.79. The highest BCUT2D eigenvalue weighted by Gasteiger charge is 2.34. The van der Waals surface area contributed by atoms with Crippen LogP contribution in [0, 0.1) is 0 Å². The highest BCUT2D eigenvalue weighted by Crippen LogP contribution is 2.32. The van der Waals surface area contributed by atoms with E-state index in [-0.39, 0.29) is 6.04 Å². The summed E-state index contributed by atoms with van der Waals surface area (Å²) in [6.07, 6.45) is 6.53. The molecule has 5 heteroatoms. The van der Waals surface area contributed by atoms with Crippen LogP contribution < -0.4 is 5.32 Å². The molecule has 3 rings (SSSR count). The molecule has 1 aromatic carbocycles. The number of nitrogens with zero attached hydrogens (tertiary/aromatic N) is 1. The molecule has 1 atom stereocenters. The Morgan fingerprint density at radius 1 is 1.30 bits per heavy atom. The number of aliphatic hydroxyl groups is 1. The van der Waals surface area contributed by atoms with E-state index in [0.717, 1.165) is 35.4 Å². The molecule has 106 valence electrons. The number of H-pyrrole nitrogens is 1. The number of hydrogen-bond acceptors (Lipinski definition) is 3. The van der Waals surface area contributed by atoms with E-state index in [1.807, 2.05) is 30.5 Å². The van der Waals surface area contributed by atoms with Crippen molar-refractivity contribution < 1.29 is 5.11 Å². The zero-order valence-corrected chi connectivity index (χ0v) is 11.9. The largest absolute Gasteiger partial charge is 0.389 e. The van der Waals surface area contributed by atoms with Crippen molar-refractivity contribution in [3.63, 3.8) is 0 Å². The van der Waals surface area contributed by atoms with Gasteiger partial charge in [-0.15, -0.1) is 0 Å². The summed E-state index contributed by atoms with van der Waals surface area (Å²) in [5.41, 5.74) is 1.61. The third kappa shape index (κ3) is 2.87. The number of halogens is 1. The maximum atomic E-state index is 10.2. The average Bonchev–Trinajstić information content (AvgIpc) is 2.93. The van der Waals surface area contributed by atoms with Crippen molar-refractivity contribution in [2.45, 2.75) is 30.9 Å². The van der Waals surface area contributed by atoms with Crippen molar-refractivity contribution in [3.8, 4) is 0 Å². The predicted octanol–water partition coefficient (Wildman–Crippen LogP) is 2.66. The van der Waals surface area contributed by atoms with Crippen molar-refractivity contribution in [2.24, 2.45) is 0 Å². The van der Waals surface area contributed by atoms with Crippen molar-refractivity contribution in [2.75, 3.05) is 6.54 Å². The molecule has 1 unspecified atom stereocenters. The van der Waals surface area contributed by atoms with Gasteiger partial charge >= 0.3 is 0 Å². The smallest absolute Gasteiger partial charge is 0.0771 e. The molecule has 4 nitrogen and oxygen atoms in total. The fourth-order valence-electron chi connectivity index (χ4n) is 2.56. The van der Waals surface area contributed by atoms with Gasteiger partial charge in [0.15, 0.2) is 0 Å². The molecule has 0 saturated heterocycles. The molecular formula is C15H18ClN3O. The summed E-state index contributed by atoms with van der Waals surface area (Å²) in [6, 6.07) is 7.76. The second kappa shape index (κ2) is 5.56. The Kier molecular flexibility index (Phi) is 3.78. The molecule has 1 aromatic heterocycles. The summed E-state index contributed by atoms with van der Waals surface area (Å²) in [5.74, 6) is 0. The monoisotopic (exact) mass is 291 g/mol. The number of rotatable bonds is 5. The normalized spacial score (nSPS) is 18.5. The van der Waals surface area contributed by atoms with Crippen LogP contribution in [0.2, 0.25) is 5.02 Å². The average molecular weight is 292 g/mol. The molecule has 0 radical (unpaired) electrons. The first kappa shape index (κ1) is 13.6. The standard InChI is InChI=1S/C15H18ClN3O/c16-13-4-2-11(3-5-13)14(12-8-18-19-9-12)17-10-15(20)6-1-7-15/h2-5,8-9,14,17,20H,1,6-7,10H2,(H,18,19). The van der Waals surface area contributed by atoms with Crippen LogP contribution in [0.15, 0.2) is 36.7 Å². The van der Waals surface area contributed by atoms with Crippen LogP contribution in [0.5, 0.6) is 0 Å². The number of benzene rings is 1. The van der Waals surface area contributed by atoms with E-state index in [1.165, 1.54) is 0 Å². The summed E-state index contributed by atoms with van der Waals surface area (Å²) < 4.78 is 0. The highest BCUT2D eigenvalue weighted by molar-refractivity contribution is 6.30. The fraction of sp³-hybridized carbons (Fsp3) is 0.400. The van der Waals surface area contributed by atoms with Crippen LogP contribution in [0.25, 0.3) is 0 Å². The molecule has 0 bridgehead atoms. The molecule has 1 heterocycles. The van der Waals surface area contributed by atoms with Gasteiger partial charge in [0.2, 0.25) is 0 Å². The van der Waals surface area contributed by atoms with Gasteiger partial charge in [-0.2, -0.15) is 5.10 Å². The molecule has 0 amide bonds. The topological polar surface area (TPSA) is 60.9 Å². The van der Waals surface area contributed by atoms with Crippen LogP contribution in [-0.4, -0.2) is 27.4 Å². The van der Waals surface area contributed by atoms with E-state index in [4.69, 9.17) is 11.6 Å². The number of aromatic amines is 1. The minimum absolute atomic E-state index is 0.00985. The summed E-state index contributed by atoms with van der Waals surface area (Å²) >= 11 is 5.94. The summed E-state index contributed by atoms with van der Waals surface area (Å²) in [6.45, 7) is 0.589. The van der Waals surface area contributed by atoms with Gasteiger partial charge in [-0.3, -0.25) is 5.10 Å². The number of nitrogens with one attached hydrogen (secondary N) is 2. The molecule has 3 N–H and O–H groups in total. The van der Waals surface area contributed by atoms with Crippen LogP contribution in [-0.2, 0) is 0 Å². The van der Waals surface area contributed by atoms with Gasteiger partial charge in [0.1, 0.15) is 0 Å². The molecule has 20 heavy (non-hydrogen) atoms. The van der Waals surface area contributed by atoms with Gasteiger partial charge in [0.05, 0.1) is 17.8 Å². The Morgan fingerprint density at radius 2 is 2.05 bits per heavy atom. The van der Waals surface area contributed by atoms with Gasteiger partial charge in [-0.05, 0) is 37.0 Å². The fourth-order valence-corrected chi connectivity index (χ4v) is 2.68. The maximum absolute atomic E-state index is 10.2. The third-order valence-electron chi connectivity index (χ3n) is 3.98. The molecule has 2 aromatic rings. The molecule has 1 aliphatic rings. The Morgan fingerprint density at radius 3 is 2.60 bits per heavy atom. The zero-order valence-electron chi connectivity index (χ0n) is 11.1. The second-order valence-electron chi connectivity index (χ2n) is 5.47. The molecule has 0 aliphatic heterocycles. The lowest BCUT2D eigenvalue weighted by molar-refractivity contribution is -0.0325. The van der Waals surface area contributed by atoms with E-state index in [2.05, 4.69) is 15.5 Å². The second-order valence-corrected chi connectivity index (χ2v) is 5.91. The molecule has 0 spiro atoms. The van der Waals surface area contributed by atoms with Crippen molar-refractivity contribution in [1.29, 1.82) is 0 Å². The lowest BCUT2D eigenvalue weighted by Gasteiger charge is -2.38. The van der Waals surface area contributed by atoms with Crippen LogP contribution in [0.3, 0.4) is 0 Å². The van der Waals surface area contributed by atoms with E-state index < -0.39 is 5.60 Å². The van der Waals surface area contributed by atoms with Crippen molar-refractivity contribution >= 4 is 11.6 Å². The van der Waals surface area contributed by atoms with Gasteiger partial charge in [0.25, 0.3) is 0 Å². The van der Waals surface area contributed by atoms with Crippen LogP contribution in [0.4, 0.5) is 0 Å². The maximum Gasteiger partial charge on any atom is 0.0771 e. The quantitative estimate of drug-likeness (QED) is 0.794. The van der Waals surface area contributed by atoms with Gasteiger partial charge in [-0.1, -0.05) is 23.7 Å². The first-order chi connectivity index (χ1) is 9.66. The van der Waals surface area contributed by atoms with E-state index >= 15 is 0 Å². The van der Waals surface area contributed by atoms with Crippen LogP contribution in [0.1, 0.15) is 36.4 Å². The first-order valence-corrected chi connectivity index (χ1v) is 7.24. The first-order valence-electron chi connectivity index (χ1n) is 6.86. The molecular weight excluding hydrogens is 274 g/mol. The summed E-state index contributed by atoms with van der Waals surface area (Å²) in [4.78, 5) is 0. The van der Waals surface area contributed by atoms with E-state index in [0.29, 0.717) is 6.54 Å². The SMILES string of the molecule is OC1(CNC(c2ccc(Cl)cc2)c2cn[nH]c2)CCC1. The molecule has 1 aliphatic carbocycles. The van der Waals surface area contributed by atoms with Gasteiger partial charge < -0.3 is 10.4 Å².